The molecule has 0 saturated carbocycles. The topological polar surface area (TPSA) is 67.2 Å². The van der Waals surface area contributed by atoms with Crippen LogP contribution in [0.2, 0.25) is 0 Å². The summed E-state index contributed by atoms with van der Waals surface area (Å²) in [6.07, 6.45) is 5.24. The number of nitrogens with one attached hydrogen (secondary N) is 2. The van der Waals surface area contributed by atoms with Crippen LogP contribution in [0, 0.1) is 0 Å². The normalized spacial score (nSPS) is 25.0. The first kappa shape index (κ1) is 14.5. The van der Waals surface area contributed by atoms with Crippen LogP contribution in [0.4, 0.5) is 0 Å². The van der Waals surface area contributed by atoms with E-state index in [0.29, 0.717) is 12.2 Å². The highest BCUT2D eigenvalue weighted by Crippen LogP contribution is 2.06. The first-order chi connectivity index (χ1) is 7.69. The molecule has 1 rings (SSSR count). The summed E-state index contributed by atoms with van der Waals surface area (Å²) >= 11 is 0. The van der Waals surface area contributed by atoms with E-state index >= 15 is 0 Å². The Balaban J connectivity index is 0.00000106. The Hall–Kier alpha value is -1.55. The van der Waals surface area contributed by atoms with E-state index in [2.05, 4.69) is 17.2 Å². The molecule has 16 heavy (non-hydrogen) atoms. The fraction of sp³-hybridized carbons (Fsp3) is 0.417. The molecule has 1 fully saturated rings. The van der Waals surface area contributed by atoms with Gasteiger partial charge in [0, 0.05) is 6.54 Å². The number of hydrogen-bond acceptors (Lipinski definition) is 3. The van der Waals surface area contributed by atoms with Crippen LogP contribution < -0.4 is 16.4 Å². The van der Waals surface area contributed by atoms with Crippen molar-refractivity contribution in [1.82, 2.24) is 10.6 Å². The van der Waals surface area contributed by atoms with Gasteiger partial charge < -0.3 is 16.4 Å². The summed E-state index contributed by atoms with van der Waals surface area (Å²) in [6, 6.07) is -0.513. The van der Waals surface area contributed by atoms with Crippen LogP contribution in [0.3, 0.4) is 0 Å². The van der Waals surface area contributed by atoms with Gasteiger partial charge in [-0.05, 0) is 13.0 Å². The molecule has 1 saturated heterocycles. The van der Waals surface area contributed by atoms with E-state index in [0.717, 1.165) is 5.70 Å². The van der Waals surface area contributed by atoms with Gasteiger partial charge in [-0.15, -0.1) is 0 Å². The van der Waals surface area contributed by atoms with E-state index in [1.54, 1.807) is 12.2 Å². The molecule has 0 bridgehead atoms. The van der Waals surface area contributed by atoms with Crippen LogP contribution in [-0.2, 0) is 4.79 Å². The molecule has 1 heterocycles. The Morgan fingerprint density at radius 2 is 2.06 bits per heavy atom. The average Bonchev–Trinajstić information content (AvgIpc) is 2.43. The summed E-state index contributed by atoms with van der Waals surface area (Å²) in [4.78, 5) is 11.4. The van der Waals surface area contributed by atoms with Crippen LogP contribution in [0.15, 0.2) is 36.2 Å². The zero-order valence-corrected chi connectivity index (χ0v) is 10.2. The van der Waals surface area contributed by atoms with Crippen LogP contribution >= 0.6 is 0 Å². The number of amides is 1. The van der Waals surface area contributed by atoms with E-state index in [-0.39, 0.29) is 5.91 Å². The number of allylic oxidation sites excluding steroid dienone is 3. The summed E-state index contributed by atoms with van der Waals surface area (Å²) in [5, 5.41) is 5.81. The summed E-state index contributed by atoms with van der Waals surface area (Å²) in [5.74, 6) is -0.178. The van der Waals surface area contributed by atoms with Crippen molar-refractivity contribution < 1.29 is 4.79 Å². The molecule has 1 atom stereocenters. The zero-order valence-electron chi connectivity index (χ0n) is 10.2. The van der Waals surface area contributed by atoms with Gasteiger partial charge in [-0.3, -0.25) is 4.79 Å². The second kappa shape index (κ2) is 7.70. The highest BCUT2D eigenvalue weighted by Gasteiger charge is 2.20. The molecule has 0 aromatic heterocycles. The maximum Gasteiger partial charge on any atom is 0.243 e. The van der Waals surface area contributed by atoms with Gasteiger partial charge in [0.05, 0.1) is 11.4 Å². The van der Waals surface area contributed by atoms with Gasteiger partial charge in [0.1, 0.15) is 6.04 Å². The highest BCUT2D eigenvalue weighted by atomic mass is 16.2. The molecule has 1 aliphatic rings. The Morgan fingerprint density at radius 1 is 1.44 bits per heavy atom. The summed E-state index contributed by atoms with van der Waals surface area (Å²) < 4.78 is 0. The van der Waals surface area contributed by atoms with Crippen LogP contribution in [0.25, 0.3) is 0 Å². The van der Waals surface area contributed by atoms with E-state index in [9.17, 15) is 4.79 Å². The average molecular weight is 223 g/mol. The minimum Gasteiger partial charge on any atom is -0.382 e. The van der Waals surface area contributed by atoms with Gasteiger partial charge in [-0.2, -0.15) is 0 Å². The summed E-state index contributed by atoms with van der Waals surface area (Å²) in [7, 11) is 0. The van der Waals surface area contributed by atoms with Crippen molar-refractivity contribution >= 4 is 5.91 Å². The van der Waals surface area contributed by atoms with Gasteiger partial charge in [0.25, 0.3) is 0 Å². The predicted octanol–water partition coefficient (Wildman–Crippen LogP) is 1.03. The molecule has 4 nitrogen and oxygen atoms in total. The lowest BCUT2D eigenvalue weighted by Gasteiger charge is -2.08. The van der Waals surface area contributed by atoms with Gasteiger partial charge in [0.2, 0.25) is 5.91 Å². The quantitative estimate of drug-likeness (QED) is 0.622. The Kier molecular flexibility index (Phi) is 6.96. The Bertz CT molecular complexity index is 305. The van der Waals surface area contributed by atoms with E-state index in [1.165, 1.54) is 0 Å². The molecule has 4 heteroatoms. The smallest absolute Gasteiger partial charge is 0.243 e. The van der Waals surface area contributed by atoms with Crippen LogP contribution in [-0.4, -0.2) is 18.5 Å². The molecule has 0 radical (unpaired) electrons. The minimum absolute atomic E-state index is 0.178. The number of rotatable bonds is 1. The maximum absolute atomic E-state index is 11.4. The monoisotopic (exact) mass is 223 g/mol. The fourth-order valence-electron chi connectivity index (χ4n) is 1.21. The van der Waals surface area contributed by atoms with E-state index in [1.807, 2.05) is 26.8 Å². The molecule has 0 aromatic carbocycles. The lowest BCUT2D eigenvalue weighted by atomic mass is 10.3. The van der Waals surface area contributed by atoms with Crippen molar-refractivity contribution in [3.05, 3.63) is 36.2 Å². The molecular formula is C12H21N3O. The predicted molar refractivity (Wildman–Crippen MR) is 67.5 cm³/mol. The molecule has 0 aliphatic carbocycles. The largest absolute Gasteiger partial charge is 0.382 e. The van der Waals surface area contributed by atoms with Crippen molar-refractivity contribution in [1.29, 1.82) is 0 Å². The van der Waals surface area contributed by atoms with Gasteiger partial charge >= 0.3 is 0 Å². The molecule has 0 spiro atoms. The van der Waals surface area contributed by atoms with Crippen LogP contribution in [0.5, 0.6) is 0 Å². The third-order valence-electron chi connectivity index (χ3n) is 1.97. The Morgan fingerprint density at radius 3 is 2.56 bits per heavy atom. The first-order valence-electron chi connectivity index (χ1n) is 5.48. The van der Waals surface area contributed by atoms with Crippen molar-refractivity contribution in [3.63, 3.8) is 0 Å². The number of carbonyl (C=O) groups is 1. The van der Waals surface area contributed by atoms with Gasteiger partial charge in [-0.1, -0.05) is 32.6 Å². The maximum atomic E-state index is 11.4. The van der Waals surface area contributed by atoms with Crippen molar-refractivity contribution in [2.75, 3.05) is 6.54 Å². The summed E-state index contributed by atoms with van der Waals surface area (Å²) in [6.45, 7) is 9.92. The third-order valence-corrected chi connectivity index (χ3v) is 1.97. The summed E-state index contributed by atoms with van der Waals surface area (Å²) in [5.41, 5.74) is 7.17. The molecule has 0 unspecified atom stereocenters. The van der Waals surface area contributed by atoms with E-state index < -0.39 is 6.04 Å². The van der Waals surface area contributed by atoms with Crippen molar-refractivity contribution in [2.45, 2.75) is 26.8 Å². The van der Waals surface area contributed by atoms with Crippen LogP contribution in [0.1, 0.15) is 20.8 Å². The van der Waals surface area contributed by atoms with Gasteiger partial charge in [0.15, 0.2) is 0 Å². The number of nitrogens with two attached hydrogens (primary N) is 1. The molecule has 1 amide bonds. The van der Waals surface area contributed by atoms with Crippen molar-refractivity contribution in [2.24, 2.45) is 5.73 Å². The second-order valence-corrected chi connectivity index (χ2v) is 3.00. The lowest BCUT2D eigenvalue weighted by Crippen LogP contribution is -2.42. The second-order valence-electron chi connectivity index (χ2n) is 3.00. The highest BCUT2D eigenvalue weighted by molar-refractivity contribution is 5.84. The number of carbonyl (C=O) groups excluding carboxylic acids is 1. The molecule has 4 N–H and O–H groups in total. The zero-order chi connectivity index (χ0) is 12.6. The fourth-order valence-corrected chi connectivity index (χ4v) is 1.21. The lowest BCUT2D eigenvalue weighted by molar-refractivity contribution is -0.121. The SMILES string of the molecule is C=C/C=C1/NC(=O)[C@@H](N)CN/C1=C/C.CC. The standard InChI is InChI=1S/C10H15N3O.C2H6/c1-3-5-9-8(4-2)12-6-7(11)10(14)13-9;1-2/h3-5,7,12H,1,6,11H2,2H3,(H,13,14);1-2H3/b8-4+,9-5+;/t7-;/m0./s1. The Labute approximate surface area is 97.3 Å². The molecule has 90 valence electrons. The van der Waals surface area contributed by atoms with Crippen molar-refractivity contribution in [3.8, 4) is 0 Å². The molecule has 1 aliphatic heterocycles. The molecule has 0 aromatic rings. The molecular weight excluding hydrogens is 202 g/mol. The number of hydrogen-bond donors (Lipinski definition) is 3. The minimum atomic E-state index is -0.513. The van der Waals surface area contributed by atoms with E-state index in [4.69, 9.17) is 5.73 Å². The first-order valence-corrected chi connectivity index (χ1v) is 5.48. The third kappa shape index (κ3) is 3.90. The van der Waals surface area contributed by atoms with Gasteiger partial charge in [-0.25, -0.2) is 0 Å².